The lowest BCUT2D eigenvalue weighted by Gasteiger charge is -2.28. The summed E-state index contributed by atoms with van der Waals surface area (Å²) in [5.41, 5.74) is 2.04. The van der Waals surface area contributed by atoms with Gasteiger partial charge in [-0.2, -0.15) is 0 Å². The average Bonchev–Trinajstić information content (AvgIpc) is 3.54. The van der Waals surface area contributed by atoms with Crippen LogP contribution < -0.4 is 15.5 Å². The van der Waals surface area contributed by atoms with Crippen LogP contribution in [0.15, 0.2) is 60.0 Å². The fourth-order valence-electron chi connectivity index (χ4n) is 4.53. The lowest BCUT2D eigenvalue weighted by atomic mass is 10.2. The fraction of sp³-hybridized carbons (Fsp3) is 0.273. The molecule has 2 aliphatic rings. The van der Waals surface area contributed by atoms with E-state index in [0.29, 0.717) is 17.9 Å². The molecule has 5 heterocycles. The molecule has 0 amide bonds. The van der Waals surface area contributed by atoms with Gasteiger partial charge in [0.05, 0.1) is 17.4 Å². The van der Waals surface area contributed by atoms with Crippen LogP contribution in [0.3, 0.4) is 0 Å². The molecule has 2 atom stereocenters. The van der Waals surface area contributed by atoms with Gasteiger partial charge in [-0.15, -0.1) is 16.9 Å². The van der Waals surface area contributed by atoms with E-state index >= 15 is 0 Å². The van der Waals surface area contributed by atoms with Crippen molar-refractivity contribution in [3.05, 3.63) is 55.1 Å². The molecular formula is C22H22N8S. The Bertz CT molecular complexity index is 1240. The van der Waals surface area contributed by atoms with Gasteiger partial charge in [-0.05, 0) is 36.9 Å². The number of aromatic nitrogens is 5. The third kappa shape index (κ3) is 3.30. The Hall–Kier alpha value is -3.17. The molecule has 31 heavy (non-hydrogen) atoms. The van der Waals surface area contributed by atoms with Crippen LogP contribution in [0.4, 0.5) is 17.5 Å². The number of nitrogens with one attached hydrogen (secondary N) is 2. The minimum atomic E-state index is 0.527. The Labute approximate surface area is 184 Å². The van der Waals surface area contributed by atoms with Crippen LogP contribution in [0, 0.1) is 0 Å². The van der Waals surface area contributed by atoms with E-state index in [9.17, 15) is 0 Å². The second kappa shape index (κ2) is 7.51. The fourth-order valence-corrected chi connectivity index (χ4v) is 4.97. The van der Waals surface area contributed by atoms with Crippen molar-refractivity contribution in [3.63, 3.8) is 0 Å². The van der Waals surface area contributed by atoms with E-state index in [2.05, 4.69) is 61.0 Å². The first-order chi connectivity index (χ1) is 15.3. The van der Waals surface area contributed by atoms with Crippen molar-refractivity contribution in [3.8, 4) is 5.69 Å². The van der Waals surface area contributed by atoms with Gasteiger partial charge in [-0.3, -0.25) is 4.98 Å². The molecule has 2 N–H and O–H groups in total. The van der Waals surface area contributed by atoms with Crippen molar-refractivity contribution < 1.29 is 0 Å². The lowest BCUT2D eigenvalue weighted by Crippen LogP contribution is -2.44. The van der Waals surface area contributed by atoms with Crippen molar-refractivity contribution in [2.24, 2.45) is 0 Å². The van der Waals surface area contributed by atoms with Gasteiger partial charge in [0.15, 0.2) is 5.82 Å². The highest BCUT2D eigenvalue weighted by molar-refractivity contribution is 7.98. The third-order valence-electron chi connectivity index (χ3n) is 6.02. The summed E-state index contributed by atoms with van der Waals surface area (Å²) in [6, 6.07) is 11.7. The number of hydrogen-bond acceptors (Lipinski definition) is 8. The molecule has 9 heteroatoms. The summed E-state index contributed by atoms with van der Waals surface area (Å²) in [6.45, 7) is 2.04. The number of benzene rings is 1. The van der Waals surface area contributed by atoms with Gasteiger partial charge in [0, 0.05) is 60.1 Å². The second-order valence-electron chi connectivity index (χ2n) is 7.88. The summed E-state index contributed by atoms with van der Waals surface area (Å²) in [5, 5.41) is 12.8. The number of piperazine rings is 1. The molecule has 0 saturated carbocycles. The zero-order chi connectivity index (χ0) is 20.8. The number of pyridine rings is 1. The van der Waals surface area contributed by atoms with E-state index in [4.69, 9.17) is 5.10 Å². The second-order valence-corrected chi connectivity index (χ2v) is 8.76. The van der Waals surface area contributed by atoms with Crippen LogP contribution in [-0.4, -0.2) is 56.2 Å². The quantitative estimate of drug-likeness (QED) is 0.467. The van der Waals surface area contributed by atoms with Crippen LogP contribution in [0.2, 0.25) is 0 Å². The summed E-state index contributed by atoms with van der Waals surface area (Å²) in [5.74, 6) is 2.43. The molecule has 8 nitrogen and oxygen atoms in total. The predicted octanol–water partition coefficient (Wildman–Crippen LogP) is 3.23. The number of nitrogens with zero attached hydrogens (tertiary/aromatic N) is 6. The zero-order valence-electron chi connectivity index (χ0n) is 17.1. The molecule has 0 spiro atoms. The highest BCUT2D eigenvalue weighted by Crippen LogP contribution is 2.33. The SMILES string of the molecule is CSc1ccc2c(Nc3cnccn3)nn(-c3ccnc(N4C[C@@H]5C[C@H]4CN5)c3)c2c1. The van der Waals surface area contributed by atoms with E-state index in [1.807, 2.05) is 16.9 Å². The number of thioether (sulfide) groups is 1. The molecule has 0 aliphatic carbocycles. The Morgan fingerprint density at radius 3 is 2.87 bits per heavy atom. The largest absolute Gasteiger partial charge is 0.351 e. The van der Waals surface area contributed by atoms with Crippen LogP contribution in [-0.2, 0) is 0 Å². The Morgan fingerprint density at radius 1 is 1.13 bits per heavy atom. The topological polar surface area (TPSA) is 83.8 Å². The Balaban J connectivity index is 1.44. The first-order valence-electron chi connectivity index (χ1n) is 10.3. The molecule has 2 saturated heterocycles. The first kappa shape index (κ1) is 18.6. The van der Waals surface area contributed by atoms with Crippen LogP contribution in [0.25, 0.3) is 16.6 Å². The highest BCUT2D eigenvalue weighted by atomic mass is 32.2. The molecule has 2 aliphatic heterocycles. The standard InChI is InChI=1S/C22H22N8S/c1-31-17-2-3-18-19(10-17)30(28-22(18)27-20-12-23-6-7-24-20)15-4-5-25-21(9-15)29-13-14-8-16(29)11-26-14/h2-7,9-10,12,14,16,26H,8,11,13H2,1H3,(H,24,27,28)/t14-,16-/m0/s1. The minimum absolute atomic E-state index is 0.527. The molecule has 0 unspecified atom stereocenters. The molecule has 2 bridgehead atoms. The van der Waals surface area contributed by atoms with E-state index in [1.165, 1.54) is 11.3 Å². The van der Waals surface area contributed by atoms with Gasteiger partial charge in [0.25, 0.3) is 0 Å². The lowest BCUT2D eigenvalue weighted by molar-refractivity contribution is 0.576. The average molecular weight is 431 g/mol. The Kier molecular flexibility index (Phi) is 4.50. The van der Waals surface area contributed by atoms with Gasteiger partial charge >= 0.3 is 0 Å². The molecule has 0 radical (unpaired) electrons. The predicted molar refractivity (Wildman–Crippen MR) is 124 cm³/mol. The monoisotopic (exact) mass is 430 g/mol. The number of anilines is 3. The van der Waals surface area contributed by atoms with Crippen molar-refractivity contribution in [1.82, 2.24) is 30.0 Å². The minimum Gasteiger partial charge on any atom is -0.351 e. The summed E-state index contributed by atoms with van der Waals surface area (Å²) in [7, 11) is 0. The van der Waals surface area contributed by atoms with E-state index < -0.39 is 0 Å². The van der Waals surface area contributed by atoms with Gasteiger partial charge in [-0.1, -0.05) is 0 Å². The normalized spacial score (nSPS) is 20.0. The van der Waals surface area contributed by atoms with Gasteiger partial charge in [0.2, 0.25) is 0 Å². The maximum Gasteiger partial charge on any atom is 0.162 e. The van der Waals surface area contributed by atoms with Gasteiger partial charge in [-0.25, -0.2) is 14.6 Å². The maximum absolute atomic E-state index is 4.92. The molecule has 156 valence electrons. The van der Waals surface area contributed by atoms with E-state index in [0.717, 1.165) is 41.3 Å². The smallest absolute Gasteiger partial charge is 0.162 e. The third-order valence-corrected chi connectivity index (χ3v) is 6.75. The molecule has 1 aromatic carbocycles. The summed E-state index contributed by atoms with van der Waals surface area (Å²) in [4.78, 5) is 16.8. The van der Waals surface area contributed by atoms with Crippen LogP contribution in [0.1, 0.15) is 6.42 Å². The number of hydrogen-bond donors (Lipinski definition) is 2. The van der Waals surface area contributed by atoms with Crippen LogP contribution >= 0.6 is 11.8 Å². The zero-order valence-corrected chi connectivity index (χ0v) is 17.9. The van der Waals surface area contributed by atoms with Crippen molar-refractivity contribution in [1.29, 1.82) is 0 Å². The van der Waals surface area contributed by atoms with E-state index in [-0.39, 0.29) is 0 Å². The van der Waals surface area contributed by atoms with Crippen molar-refractivity contribution in [2.45, 2.75) is 23.4 Å². The molecule has 4 aromatic rings. The highest BCUT2D eigenvalue weighted by Gasteiger charge is 2.38. The summed E-state index contributed by atoms with van der Waals surface area (Å²) < 4.78 is 1.99. The molecule has 2 fully saturated rings. The number of fused-ring (bicyclic) bond motifs is 3. The number of rotatable bonds is 5. The van der Waals surface area contributed by atoms with Crippen molar-refractivity contribution >= 4 is 40.1 Å². The molecule has 6 rings (SSSR count). The van der Waals surface area contributed by atoms with Gasteiger partial charge < -0.3 is 15.5 Å². The maximum atomic E-state index is 4.92. The molecular weight excluding hydrogens is 408 g/mol. The van der Waals surface area contributed by atoms with Gasteiger partial charge in [0.1, 0.15) is 11.6 Å². The first-order valence-corrected chi connectivity index (χ1v) is 11.6. The van der Waals surface area contributed by atoms with Crippen molar-refractivity contribution in [2.75, 3.05) is 29.6 Å². The summed E-state index contributed by atoms with van der Waals surface area (Å²) >= 11 is 1.72. The van der Waals surface area contributed by atoms with Crippen LogP contribution in [0.5, 0.6) is 0 Å². The Morgan fingerprint density at radius 2 is 2.10 bits per heavy atom. The molecule has 3 aromatic heterocycles. The van der Waals surface area contributed by atoms with E-state index in [1.54, 1.807) is 30.4 Å². The summed E-state index contributed by atoms with van der Waals surface area (Å²) in [6.07, 6.45) is 10.2.